The summed E-state index contributed by atoms with van der Waals surface area (Å²) in [6.07, 6.45) is 3.97. The van der Waals surface area contributed by atoms with Gasteiger partial charge >= 0.3 is 0 Å². The third-order valence-corrected chi connectivity index (χ3v) is 5.78. The summed E-state index contributed by atoms with van der Waals surface area (Å²) >= 11 is 1.80. The van der Waals surface area contributed by atoms with Crippen molar-refractivity contribution >= 4 is 21.6 Å². The van der Waals surface area contributed by atoms with Gasteiger partial charge in [-0.15, -0.1) is 11.3 Å². The van der Waals surface area contributed by atoms with E-state index in [-0.39, 0.29) is 0 Å². The van der Waals surface area contributed by atoms with Gasteiger partial charge in [0, 0.05) is 12.6 Å². The van der Waals surface area contributed by atoms with Gasteiger partial charge in [-0.25, -0.2) is 4.98 Å². The lowest BCUT2D eigenvalue weighted by atomic mass is 10.2. The summed E-state index contributed by atoms with van der Waals surface area (Å²) in [7, 11) is 0. The molecule has 5 rings (SSSR count). The Balaban J connectivity index is 1.38. The maximum absolute atomic E-state index is 5.42. The van der Waals surface area contributed by atoms with E-state index in [2.05, 4.69) is 28.3 Å². The van der Waals surface area contributed by atoms with Crippen LogP contribution in [0.25, 0.3) is 21.7 Å². The Morgan fingerprint density at radius 2 is 2.12 bits per heavy atom. The van der Waals surface area contributed by atoms with E-state index >= 15 is 0 Å². The standard InChI is InChI=1S/C19H17N3O2S/c1-2-8-18-14(5-1)20-19(25-18)15-6-3-9-22(15)12-13-11-17(24-21-13)16-7-4-10-23-16/h1-2,4-5,7-8,10-11,15H,3,6,9,12H2/t15-/m0/s1. The van der Waals surface area contributed by atoms with Crippen LogP contribution in [-0.2, 0) is 6.54 Å². The number of thiazole rings is 1. The van der Waals surface area contributed by atoms with Crippen LogP contribution in [0.2, 0.25) is 0 Å². The number of hydrogen-bond donors (Lipinski definition) is 0. The number of fused-ring (bicyclic) bond motifs is 1. The van der Waals surface area contributed by atoms with E-state index in [1.165, 1.54) is 16.1 Å². The predicted octanol–water partition coefficient (Wildman–Crippen LogP) is 4.88. The van der Waals surface area contributed by atoms with Crippen molar-refractivity contribution in [2.45, 2.75) is 25.4 Å². The molecule has 1 aromatic carbocycles. The van der Waals surface area contributed by atoms with E-state index in [9.17, 15) is 0 Å². The molecular formula is C19H17N3O2S. The highest BCUT2D eigenvalue weighted by molar-refractivity contribution is 7.18. The van der Waals surface area contributed by atoms with Crippen LogP contribution in [-0.4, -0.2) is 21.6 Å². The molecule has 1 fully saturated rings. The van der Waals surface area contributed by atoms with Gasteiger partial charge < -0.3 is 8.94 Å². The van der Waals surface area contributed by atoms with Crippen molar-refractivity contribution in [1.29, 1.82) is 0 Å². The molecule has 0 bridgehead atoms. The number of hydrogen-bond acceptors (Lipinski definition) is 6. The third-order valence-electron chi connectivity index (χ3n) is 4.65. The van der Waals surface area contributed by atoms with Gasteiger partial charge in [-0.05, 0) is 43.7 Å². The average molecular weight is 351 g/mol. The zero-order valence-corrected chi connectivity index (χ0v) is 14.4. The zero-order valence-electron chi connectivity index (χ0n) is 13.6. The van der Waals surface area contributed by atoms with Crippen LogP contribution in [0.5, 0.6) is 0 Å². The molecule has 0 aliphatic carbocycles. The summed E-state index contributed by atoms with van der Waals surface area (Å²) in [6.45, 7) is 1.83. The van der Waals surface area contributed by atoms with Gasteiger partial charge in [0.25, 0.3) is 0 Å². The Hall–Kier alpha value is -2.44. The normalized spacial score (nSPS) is 18.3. The van der Waals surface area contributed by atoms with Gasteiger partial charge in [0.05, 0.1) is 28.2 Å². The molecule has 25 heavy (non-hydrogen) atoms. The molecule has 1 atom stereocenters. The van der Waals surface area contributed by atoms with Gasteiger partial charge in [-0.3, -0.25) is 4.90 Å². The summed E-state index contributed by atoms with van der Waals surface area (Å²) in [5, 5.41) is 5.42. The predicted molar refractivity (Wildman–Crippen MR) is 96.2 cm³/mol. The minimum absolute atomic E-state index is 0.362. The van der Waals surface area contributed by atoms with Crippen molar-refractivity contribution in [3.8, 4) is 11.5 Å². The number of nitrogens with zero attached hydrogens (tertiary/aromatic N) is 3. The lowest BCUT2D eigenvalue weighted by Gasteiger charge is -2.21. The first-order valence-electron chi connectivity index (χ1n) is 8.46. The summed E-state index contributed by atoms with van der Waals surface area (Å²) in [5.41, 5.74) is 2.02. The van der Waals surface area contributed by atoms with E-state index in [1.807, 2.05) is 24.3 Å². The number of rotatable bonds is 4. The van der Waals surface area contributed by atoms with Crippen molar-refractivity contribution in [2.24, 2.45) is 0 Å². The second kappa shape index (κ2) is 6.13. The van der Waals surface area contributed by atoms with Crippen LogP contribution in [0.1, 0.15) is 29.6 Å². The minimum atomic E-state index is 0.362. The first-order valence-corrected chi connectivity index (χ1v) is 9.27. The maximum atomic E-state index is 5.42. The van der Waals surface area contributed by atoms with Crippen molar-refractivity contribution in [1.82, 2.24) is 15.0 Å². The second-order valence-electron chi connectivity index (χ2n) is 6.31. The SMILES string of the molecule is c1coc(-c2cc(CN3CCC[C@H]3c3nc4ccccc4s3)no2)c1. The van der Waals surface area contributed by atoms with Crippen LogP contribution in [0, 0.1) is 0 Å². The maximum Gasteiger partial charge on any atom is 0.202 e. The Bertz CT molecular complexity index is 956. The van der Waals surface area contributed by atoms with Crippen molar-refractivity contribution in [3.63, 3.8) is 0 Å². The lowest BCUT2D eigenvalue weighted by molar-refractivity contribution is 0.240. The van der Waals surface area contributed by atoms with Crippen molar-refractivity contribution in [2.75, 3.05) is 6.54 Å². The summed E-state index contributed by atoms with van der Waals surface area (Å²) in [5.74, 6) is 1.39. The molecule has 0 saturated carbocycles. The highest BCUT2D eigenvalue weighted by Gasteiger charge is 2.29. The number of furan rings is 1. The summed E-state index contributed by atoms with van der Waals surface area (Å²) in [6, 6.07) is 14.4. The van der Waals surface area contributed by atoms with Crippen LogP contribution in [0.4, 0.5) is 0 Å². The largest absolute Gasteiger partial charge is 0.461 e. The number of benzene rings is 1. The third kappa shape index (κ3) is 2.77. The quantitative estimate of drug-likeness (QED) is 0.524. The van der Waals surface area contributed by atoms with Gasteiger partial charge in [-0.2, -0.15) is 0 Å². The highest BCUT2D eigenvalue weighted by atomic mass is 32.1. The molecule has 1 saturated heterocycles. The van der Waals surface area contributed by atoms with Gasteiger partial charge in [0.2, 0.25) is 5.76 Å². The molecule has 126 valence electrons. The number of aromatic nitrogens is 2. The molecule has 0 N–H and O–H groups in total. The Kier molecular flexibility index (Phi) is 3.64. The molecule has 3 aromatic heterocycles. The summed E-state index contributed by atoms with van der Waals surface area (Å²) in [4.78, 5) is 7.30. The van der Waals surface area contributed by atoms with Crippen LogP contribution >= 0.6 is 11.3 Å². The van der Waals surface area contributed by atoms with Crippen LogP contribution in [0.3, 0.4) is 0 Å². The molecule has 1 aliphatic rings. The summed E-state index contributed by atoms with van der Waals surface area (Å²) < 4.78 is 12.1. The number of likely N-dealkylation sites (tertiary alicyclic amines) is 1. The van der Waals surface area contributed by atoms with Gasteiger partial charge in [-0.1, -0.05) is 17.3 Å². The molecule has 5 nitrogen and oxygen atoms in total. The fraction of sp³-hybridized carbons (Fsp3) is 0.263. The molecule has 0 unspecified atom stereocenters. The smallest absolute Gasteiger partial charge is 0.202 e. The number of para-hydroxylation sites is 1. The zero-order chi connectivity index (χ0) is 16.6. The van der Waals surface area contributed by atoms with E-state index in [4.69, 9.17) is 13.9 Å². The molecule has 6 heteroatoms. The minimum Gasteiger partial charge on any atom is -0.461 e. The Morgan fingerprint density at radius 1 is 1.16 bits per heavy atom. The molecule has 0 radical (unpaired) electrons. The van der Waals surface area contributed by atoms with E-state index in [0.29, 0.717) is 17.6 Å². The van der Waals surface area contributed by atoms with E-state index in [0.717, 1.165) is 30.7 Å². The molecule has 0 spiro atoms. The first-order chi connectivity index (χ1) is 12.4. The highest BCUT2D eigenvalue weighted by Crippen LogP contribution is 2.37. The second-order valence-corrected chi connectivity index (χ2v) is 7.37. The van der Waals surface area contributed by atoms with Crippen LogP contribution in [0.15, 0.2) is 57.7 Å². The van der Waals surface area contributed by atoms with Crippen LogP contribution < -0.4 is 0 Å². The monoisotopic (exact) mass is 351 g/mol. The molecule has 0 amide bonds. The topological polar surface area (TPSA) is 55.3 Å². The van der Waals surface area contributed by atoms with E-state index in [1.54, 1.807) is 17.6 Å². The van der Waals surface area contributed by atoms with E-state index < -0.39 is 0 Å². The van der Waals surface area contributed by atoms with Gasteiger partial charge in [0.15, 0.2) is 5.76 Å². The Labute approximate surface area is 148 Å². The van der Waals surface area contributed by atoms with Crippen molar-refractivity contribution in [3.05, 3.63) is 59.4 Å². The lowest BCUT2D eigenvalue weighted by Crippen LogP contribution is -2.22. The Morgan fingerprint density at radius 3 is 3.00 bits per heavy atom. The molecule has 4 heterocycles. The molecule has 4 aromatic rings. The fourth-order valence-corrected chi connectivity index (χ4v) is 4.59. The van der Waals surface area contributed by atoms with Crippen molar-refractivity contribution < 1.29 is 8.94 Å². The fourth-order valence-electron chi connectivity index (χ4n) is 3.46. The molecular weight excluding hydrogens is 334 g/mol. The van der Waals surface area contributed by atoms with Gasteiger partial charge in [0.1, 0.15) is 5.01 Å². The first kappa shape index (κ1) is 14.9. The molecule has 1 aliphatic heterocycles. The average Bonchev–Trinajstić information content (AvgIpc) is 3.41.